The summed E-state index contributed by atoms with van der Waals surface area (Å²) in [5.41, 5.74) is 0.917. The molecule has 0 fully saturated rings. The second-order valence-electron chi connectivity index (χ2n) is 3.06. The van der Waals surface area contributed by atoms with Crippen molar-refractivity contribution in [3.05, 3.63) is 22.7 Å². The number of carbonyl (C=O) groups is 1. The molecule has 84 valence electrons. The predicted octanol–water partition coefficient (Wildman–Crippen LogP) is 2.37. The van der Waals surface area contributed by atoms with Crippen molar-refractivity contribution in [1.82, 2.24) is 9.97 Å². The van der Waals surface area contributed by atoms with Gasteiger partial charge in [0.2, 0.25) is 0 Å². The average Bonchev–Trinajstić information content (AvgIpc) is 2.95. The summed E-state index contributed by atoms with van der Waals surface area (Å²) in [6.45, 7) is 0. The summed E-state index contributed by atoms with van der Waals surface area (Å²) >= 11 is 3.11. The van der Waals surface area contributed by atoms with E-state index in [-0.39, 0.29) is 5.97 Å². The zero-order valence-corrected chi connectivity index (χ0v) is 10.3. The van der Waals surface area contributed by atoms with Gasteiger partial charge in [0, 0.05) is 23.4 Å². The van der Waals surface area contributed by atoms with Crippen LogP contribution in [0.25, 0.3) is 10.0 Å². The van der Waals surface area contributed by atoms with Crippen LogP contribution in [0.5, 0.6) is 0 Å². The van der Waals surface area contributed by atoms with Crippen LogP contribution < -0.4 is 0 Å². The lowest BCUT2D eigenvalue weighted by Gasteiger charge is -1.95. The quantitative estimate of drug-likeness (QED) is 0.786. The fraction of sp³-hybridized carbons (Fsp3) is 0.300. The number of thiazole rings is 2. The van der Waals surface area contributed by atoms with Gasteiger partial charge in [0.25, 0.3) is 0 Å². The van der Waals surface area contributed by atoms with Gasteiger partial charge < -0.3 is 4.74 Å². The maximum atomic E-state index is 11.0. The van der Waals surface area contributed by atoms with E-state index < -0.39 is 0 Å². The van der Waals surface area contributed by atoms with Gasteiger partial charge in [-0.05, 0) is 0 Å². The Labute approximate surface area is 101 Å². The molecule has 0 aliphatic carbocycles. The van der Waals surface area contributed by atoms with Crippen LogP contribution >= 0.6 is 22.7 Å². The lowest BCUT2D eigenvalue weighted by Crippen LogP contribution is -2.01. The number of carbonyl (C=O) groups excluding carboxylic acids is 1. The lowest BCUT2D eigenvalue weighted by molar-refractivity contribution is -0.140. The Kier molecular flexibility index (Phi) is 3.63. The van der Waals surface area contributed by atoms with Gasteiger partial charge in [-0.25, -0.2) is 9.97 Å². The van der Waals surface area contributed by atoms with Crippen LogP contribution in [0.15, 0.2) is 17.0 Å². The van der Waals surface area contributed by atoms with Crippen molar-refractivity contribution < 1.29 is 9.53 Å². The van der Waals surface area contributed by atoms with Crippen molar-refractivity contribution in [3.8, 4) is 10.0 Å². The average molecular weight is 254 g/mol. The number of esters is 1. The molecular formula is C10H10N2O2S2. The fourth-order valence-corrected chi connectivity index (χ4v) is 2.73. The van der Waals surface area contributed by atoms with E-state index in [0.29, 0.717) is 12.8 Å². The SMILES string of the molecule is COC(=O)CCc1csc(-c2nccs2)n1. The maximum absolute atomic E-state index is 11.0. The van der Waals surface area contributed by atoms with Crippen molar-refractivity contribution in [3.63, 3.8) is 0 Å². The van der Waals surface area contributed by atoms with E-state index in [1.807, 2.05) is 10.8 Å². The molecule has 0 aliphatic heterocycles. The first kappa shape index (κ1) is 11.2. The summed E-state index contributed by atoms with van der Waals surface area (Å²) in [6, 6.07) is 0. The Bertz CT molecular complexity index is 465. The van der Waals surface area contributed by atoms with Crippen molar-refractivity contribution >= 4 is 28.6 Å². The maximum Gasteiger partial charge on any atom is 0.305 e. The third-order valence-electron chi connectivity index (χ3n) is 1.98. The van der Waals surface area contributed by atoms with Crippen molar-refractivity contribution in [2.75, 3.05) is 7.11 Å². The molecule has 0 radical (unpaired) electrons. The molecule has 0 bridgehead atoms. The summed E-state index contributed by atoms with van der Waals surface area (Å²) in [5, 5.41) is 5.72. The number of hydrogen-bond donors (Lipinski definition) is 0. The Balaban J connectivity index is 2.00. The monoisotopic (exact) mass is 254 g/mol. The zero-order chi connectivity index (χ0) is 11.4. The van der Waals surface area contributed by atoms with E-state index in [9.17, 15) is 4.79 Å². The van der Waals surface area contributed by atoms with E-state index in [1.165, 1.54) is 7.11 Å². The Morgan fingerprint density at radius 2 is 2.31 bits per heavy atom. The highest BCUT2D eigenvalue weighted by Crippen LogP contribution is 2.25. The molecule has 0 aliphatic rings. The fourth-order valence-electron chi connectivity index (χ4n) is 1.18. The van der Waals surface area contributed by atoms with Gasteiger partial charge in [-0.2, -0.15) is 0 Å². The van der Waals surface area contributed by atoms with Crippen molar-refractivity contribution in [2.24, 2.45) is 0 Å². The molecule has 0 amide bonds. The molecular weight excluding hydrogens is 244 g/mol. The predicted molar refractivity (Wildman–Crippen MR) is 63.6 cm³/mol. The second-order valence-corrected chi connectivity index (χ2v) is 4.81. The Morgan fingerprint density at radius 1 is 1.44 bits per heavy atom. The molecule has 0 aromatic carbocycles. The van der Waals surface area contributed by atoms with Crippen molar-refractivity contribution in [1.29, 1.82) is 0 Å². The van der Waals surface area contributed by atoms with Crippen LogP contribution in [0, 0.1) is 0 Å². The molecule has 2 aromatic heterocycles. The first-order valence-electron chi connectivity index (χ1n) is 4.70. The van der Waals surface area contributed by atoms with Gasteiger partial charge in [0.05, 0.1) is 19.2 Å². The summed E-state index contributed by atoms with van der Waals surface area (Å²) in [4.78, 5) is 19.6. The van der Waals surface area contributed by atoms with Gasteiger partial charge in [-0.15, -0.1) is 22.7 Å². The van der Waals surface area contributed by atoms with Gasteiger partial charge >= 0.3 is 5.97 Å². The molecule has 4 nitrogen and oxygen atoms in total. The summed E-state index contributed by atoms with van der Waals surface area (Å²) in [7, 11) is 1.39. The normalized spacial score (nSPS) is 10.3. The van der Waals surface area contributed by atoms with Crippen molar-refractivity contribution in [2.45, 2.75) is 12.8 Å². The highest BCUT2D eigenvalue weighted by Gasteiger charge is 2.08. The smallest absolute Gasteiger partial charge is 0.305 e. The van der Waals surface area contributed by atoms with E-state index in [0.717, 1.165) is 15.7 Å². The molecule has 0 N–H and O–H groups in total. The third kappa shape index (κ3) is 2.65. The summed E-state index contributed by atoms with van der Waals surface area (Å²) in [5.74, 6) is -0.205. The van der Waals surface area contributed by atoms with E-state index in [1.54, 1.807) is 28.9 Å². The Morgan fingerprint density at radius 3 is 3.00 bits per heavy atom. The van der Waals surface area contributed by atoms with Gasteiger partial charge in [-0.3, -0.25) is 4.79 Å². The van der Waals surface area contributed by atoms with E-state index in [4.69, 9.17) is 0 Å². The van der Waals surface area contributed by atoms with Crippen LogP contribution in [0.2, 0.25) is 0 Å². The number of nitrogens with zero attached hydrogens (tertiary/aromatic N) is 2. The molecule has 6 heteroatoms. The molecule has 2 heterocycles. The summed E-state index contributed by atoms with van der Waals surface area (Å²) in [6.07, 6.45) is 2.75. The minimum Gasteiger partial charge on any atom is -0.469 e. The number of aromatic nitrogens is 2. The second kappa shape index (κ2) is 5.18. The number of aryl methyl sites for hydroxylation is 1. The number of rotatable bonds is 4. The van der Waals surface area contributed by atoms with Crippen LogP contribution in [-0.4, -0.2) is 23.0 Å². The molecule has 0 unspecified atom stereocenters. The van der Waals surface area contributed by atoms with Crippen LogP contribution in [0.4, 0.5) is 0 Å². The molecule has 2 rings (SSSR count). The molecule has 0 atom stereocenters. The number of methoxy groups -OCH3 is 1. The number of ether oxygens (including phenoxy) is 1. The molecule has 0 spiro atoms. The van der Waals surface area contributed by atoms with Gasteiger partial charge in [-0.1, -0.05) is 0 Å². The lowest BCUT2D eigenvalue weighted by atomic mass is 10.2. The standard InChI is InChI=1S/C10H10N2O2S2/c1-14-8(13)3-2-7-6-16-10(12-7)9-11-4-5-15-9/h4-6H,2-3H2,1H3. The first-order valence-corrected chi connectivity index (χ1v) is 6.46. The van der Waals surface area contributed by atoms with Crippen LogP contribution in [0.3, 0.4) is 0 Å². The van der Waals surface area contributed by atoms with Crippen LogP contribution in [0.1, 0.15) is 12.1 Å². The van der Waals surface area contributed by atoms with Gasteiger partial charge in [0.1, 0.15) is 0 Å². The van der Waals surface area contributed by atoms with E-state index >= 15 is 0 Å². The first-order chi connectivity index (χ1) is 7.79. The highest BCUT2D eigenvalue weighted by atomic mass is 32.1. The molecule has 0 saturated carbocycles. The summed E-state index contributed by atoms with van der Waals surface area (Å²) < 4.78 is 4.58. The minimum absolute atomic E-state index is 0.205. The topological polar surface area (TPSA) is 52.1 Å². The Hall–Kier alpha value is -1.27. The van der Waals surface area contributed by atoms with E-state index in [2.05, 4.69) is 14.7 Å². The minimum atomic E-state index is -0.205. The molecule has 16 heavy (non-hydrogen) atoms. The molecule has 0 saturated heterocycles. The molecule has 2 aromatic rings. The zero-order valence-electron chi connectivity index (χ0n) is 8.67. The van der Waals surface area contributed by atoms with Gasteiger partial charge in [0.15, 0.2) is 10.0 Å². The number of hydrogen-bond acceptors (Lipinski definition) is 6. The van der Waals surface area contributed by atoms with Crippen LogP contribution in [-0.2, 0) is 16.0 Å². The largest absolute Gasteiger partial charge is 0.469 e. The highest BCUT2D eigenvalue weighted by molar-refractivity contribution is 7.19. The third-order valence-corrected chi connectivity index (χ3v) is 3.79.